The van der Waals surface area contributed by atoms with Gasteiger partial charge in [-0.1, -0.05) is 73.9 Å². The van der Waals surface area contributed by atoms with Gasteiger partial charge in [-0.05, 0) is 87.6 Å². The van der Waals surface area contributed by atoms with Gasteiger partial charge in [0.1, 0.15) is 0 Å². The Kier molecular flexibility index (Phi) is 9.81. The van der Waals surface area contributed by atoms with Crippen LogP contribution in [-0.2, 0) is 20.1 Å². The minimum absolute atomic E-state index is 0.0154. The molecule has 0 amide bonds. The second-order valence-corrected chi connectivity index (χ2v) is 12.8. The number of rotatable bonds is 12. The van der Waals surface area contributed by atoms with Gasteiger partial charge in [0, 0.05) is 17.6 Å². The van der Waals surface area contributed by atoms with Gasteiger partial charge < -0.3 is 9.15 Å². The zero-order valence-corrected chi connectivity index (χ0v) is 24.9. The van der Waals surface area contributed by atoms with Gasteiger partial charge in [-0.25, -0.2) is 0 Å². The zero-order chi connectivity index (χ0) is 28.7. The molecule has 5 nitrogen and oxygen atoms in total. The molecular weight excluding hydrogens is 530 g/mol. The highest BCUT2D eigenvalue weighted by atomic mass is 32.2. The Morgan fingerprint density at radius 1 is 1.05 bits per heavy atom. The maximum atomic E-state index is 13.8. The number of fused-ring (bicyclic) bond motifs is 1. The normalized spacial score (nSPS) is 20.8. The fraction of sp³-hybridized carbons (Fsp3) is 0.457. The number of para-hydroxylation sites is 1. The molecule has 2 aliphatic rings. The van der Waals surface area contributed by atoms with Gasteiger partial charge in [-0.3, -0.25) is 14.6 Å². The fourth-order valence-corrected chi connectivity index (χ4v) is 7.26. The van der Waals surface area contributed by atoms with E-state index >= 15 is 0 Å². The predicted octanol–water partition coefficient (Wildman–Crippen LogP) is 9.08. The van der Waals surface area contributed by atoms with E-state index in [1.807, 2.05) is 43.3 Å². The molecule has 0 spiro atoms. The fourth-order valence-electron chi connectivity index (χ4n) is 6.37. The van der Waals surface area contributed by atoms with Gasteiger partial charge in [0.05, 0.1) is 17.5 Å². The average Bonchev–Trinajstić information content (AvgIpc) is 3.54. The average molecular weight is 572 g/mol. The number of carbonyl (C=O) groups excluding carboxylic acids is 2. The third-order valence-corrected chi connectivity index (χ3v) is 9.90. The minimum Gasteiger partial charge on any atom is -0.476 e. The topological polar surface area (TPSA) is 69.4 Å². The van der Waals surface area contributed by atoms with Crippen molar-refractivity contribution in [2.75, 3.05) is 0 Å². The molecule has 1 saturated carbocycles. The predicted molar refractivity (Wildman–Crippen MR) is 166 cm³/mol. The second-order valence-electron chi connectivity index (χ2n) is 11.8. The van der Waals surface area contributed by atoms with Crippen molar-refractivity contribution in [3.05, 3.63) is 84.5 Å². The first kappa shape index (κ1) is 29.4. The molecule has 0 N–H and O–H groups in total. The third kappa shape index (κ3) is 7.79. The van der Waals surface area contributed by atoms with Crippen LogP contribution in [0.5, 0.6) is 0 Å². The summed E-state index contributed by atoms with van der Waals surface area (Å²) in [7, 11) is 0. The zero-order valence-electron chi connectivity index (χ0n) is 24.1. The van der Waals surface area contributed by atoms with Crippen molar-refractivity contribution >= 4 is 39.3 Å². The van der Waals surface area contributed by atoms with E-state index in [-0.39, 0.29) is 10.9 Å². The monoisotopic (exact) mass is 571 g/mol. The number of carbonyl (C=O) groups is 2. The quantitative estimate of drug-likeness (QED) is 0.202. The lowest BCUT2D eigenvalue weighted by Crippen LogP contribution is -2.37. The summed E-state index contributed by atoms with van der Waals surface area (Å²) in [5.41, 5.74) is 2.09. The molecule has 0 radical (unpaired) electrons. The maximum absolute atomic E-state index is 13.8. The molecule has 0 aliphatic heterocycles. The van der Waals surface area contributed by atoms with Crippen molar-refractivity contribution in [3.63, 3.8) is 0 Å². The van der Waals surface area contributed by atoms with Crippen LogP contribution >= 0.6 is 11.8 Å². The van der Waals surface area contributed by atoms with Crippen molar-refractivity contribution in [1.29, 1.82) is 0 Å². The van der Waals surface area contributed by atoms with Crippen molar-refractivity contribution < 1.29 is 18.7 Å². The van der Waals surface area contributed by atoms with Gasteiger partial charge in [-0.2, -0.15) is 0 Å². The van der Waals surface area contributed by atoms with Gasteiger partial charge in [0.2, 0.25) is 5.12 Å². The molecule has 2 unspecified atom stereocenters. The molecule has 41 heavy (non-hydrogen) atoms. The smallest absolute Gasteiger partial charge is 0.232 e. The molecule has 6 heteroatoms. The van der Waals surface area contributed by atoms with Crippen molar-refractivity contribution in [1.82, 2.24) is 4.98 Å². The number of nitrogens with zero attached hydrogens (tertiary/aromatic N) is 1. The second kappa shape index (κ2) is 13.7. The van der Waals surface area contributed by atoms with Crippen LogP contribution in [0.25, 0.3) is 16.7 Å². The molecule has 3 aromatic rings. The highest BCUT2D eigenvalue weighted by molar-refractivity contribution is 8.13. The molecule has 2 aromatic heterocycles. The Balaban J connectivity index is 1.25. The molecule has 0 saturated heterocycles. The molecule has 1 fully saturated rings. The van der Waals surface area contributed by atoms with E-state index in [2.05, 4.69) is 12.6 Å². The van der Waals surface area contributed by atoms with Gasteiger partial charge in [-0.15, -0.1) is 0 Å². The highest BCUT2D eigenvalue weighted by Crippen LogP contribution is 2.40. The van der Waals surface area contributed by atoms with Crippen LogP contribution in [0.2, 0.25) is 0 Å². The molecule has 2 heterocycles. The van der Waals surface area contributed by atoms with Crippen LogP contribution in [0.15, 0.2) is 77.4 Å². The number of thioether (sulfide) groups is 1. The summed E-state index contributed by atoms with van der Waals surface area (Å²) in [6.45, 7) is 5.99. The van der Waals surface area contributed by atoms with Crippen molar-refractivity contribution in [2.45, 2.75) is 88.9 Å². The lowest BCUT2D eigenvalue weighted by Gasteiger charge is -2.35. The first-order valence-corrected chi connectivity index (χ1v) is 16.0. The SMILES string of the molecule is C=C(O[C@@](C)(CCC1CCCCC1CCC1=CC(=O)CCC1)C(=O)SCc1ccc2ccccc2n1)c1ccco1. The summed E-state index contributed by atoms with van der Waals surface area (Å²) in [4.78, 5) is 30.5. The van der Waals surface area contributed by atoms with E-state index in [1.54, 1.807) is 18.4 Å². The minimum atomic E-state index is -1.04. The Bertz CT molecular complexity index is 1390. The number of benzene rings is 1. The first-order valence-electron chi connectivity index (χ1n) is 15.1. The highest BCUT2D eigenvalue weighted by Gasteiger charge is 2.38. The molecule has 3 atom stereocenters. The standard InChI is InChI=1S/C35H41NO4S/c1-25(33-15-8-22-39-33)40-35(2,34(38)41-24-30-19-18-29-12-5-6-14-32(29)36-30)21-20-28-11-4-3-10-27(28)17-16-26-9-7-13-31(37)23-26/h5-6,8,12,14-15,18-19,22-23,27-28H,1,3-4,7,9-11,13,16-17,20-21,24H2,2H3/t27?,28?,35-/m0/s1. The summed E-state index contributed by atoms with van der Waals surface area (Å²) in [5, 5.41) is 1.07. The number of aromatic nitrogens is 1. The summed E-state index contributed by atoms with van der Waals surface area (Å²) in [6.07, 6.45) is 14.8. The summed E-state index contributed by atoms with van der Waals surface area (Å²) < 4.78 is 11.9. The van der Waals surface area contributed by atoms with Crippen LogP contribution in [0.3, 0.4) is 0 Å². The number of ether oxygens (including phenoxy) is 1. The maximum Gasteiger partial charge on any atom is 0.232 e. The van der Waals surface area contributed by atoms with Gasteiger partial charge in [0.15, 0.2) is 22.9 Å². The molecule has 0 bridgehead atoms. The van der Waals surface area contributed by atoms with Crippen molar-refractivity contribution in [2.24, 2.45) is 11.8 Å². The Morgan fingerprint density at radius 3 is 2.63 bits per heavy atom. The number of furan rings is 1. The molecule has 1 aromatic carbocycles. The Labute approximate surface area is 247 Å². The van der Waals surface area contributed by atoms with Crippen LogP contribution in [-0.4, -0.2) is 21.5 Å². The van der Waals surface area contributed by atoms with Gasteiger partial charge in [0.25, 0.3) is 0 Å². The van der Waals surface area contributed by atoms with Gasteiger partial charge >= 0.3 is 0 Å². The van der Waals surface area contributed by atoms with Crippen LogP contribution in [0.1, 0.15) is 89.0 Å². The molecule has 216 valence electrons. The summed E-state index contributed by atoms with van der Waals surface area (Å²) in [6, 6.07) is 15.7. The van der Waals surface area contributed by atoms with E-state index in [0.29, 0.717) is 41.9 Å². The lowest BCUT2D eigenvalue weighted by atomic mass is 9.73. The van der Waals surface area contributed by atoms with Crippen LogP contribution < -0.4 is 0 Å². The first-order chi connectivity index (χ1) is 19.9. The van der Waals surface area contributed by atoms with E-state index in [4.69, 9.17) is 14.1 Å². The van der Waals surface area contributed by atoms with Crippen molar-refractivity contribution in [3.8, 4) is 0 Å². The Morgan fingerprint density at radius 2 is 1.85 bits per heavy atom. The van der Waals surface area contributed by atoms with E-state index < -0.39 is 5.60 Å². The van der Waals surface area contributed by atoms with E-state index in [0.717, 1.165) is 48.7 Å². The Hall–Kier alpha value is -3.12. The van der Waals surface area contributed by atoms with Crippen LogP contribution in [0, 0.1) is 11.8 Å². The number of ketones is 1. The molecular formula is C35H41NO4S. The largest absolute Gasteiger partial charge is 0.476 e. The van der Waals surface area contributed by atoms with E-state index in [1.165, 1.54) is 43.0 Å². The lowest BCUT2D eigenvalue weighted by molar-refractivity contribution is -0.126. The number of hydrogen-bond acceptors (Lipinski definition) is 6. The van der Waals surface area contributed by atoms with E-state index in [9.17, 15) is 9.59 Å². The third-order valence-electron chi connectivity index (χ3n) is 8.76. The van der Waals surface area contributed by atoms with Crippen LogP contribution in [0.4, 0.5) is 0 Å². The molecule has 5 rings (SSSR count). The summed E-state index contributed by atoms with van der Waals surface area (Å²) in [5.74, 6) is 2.84. The number of hydrogen-bond donors (Lipinski definition) is 0. The number of pyridine rings is 1. The number of allylic oxidation sites excluding steroid dienone is 2. The molecule has 2 aliphatic carbocycles. The summed E-state index contributed by atoms with van der Waals surface area (Å²) >= 11 is 1.26.